The highest BCUT2D eigenvalue weighted by atomic mass is 16.2. The molecule has 2 N–H and O–H groups in total. The SMILES string of the molecule is Cc1ccc(C(=O)Nc2cccc(NC(=O)C3CC3)c2C)cc1. The van der Waals surface area contributed by atoms with Crippen molar-refractivity contribution in [1.29, 1.82) is 0 Å². The standard InChI is InChI=1S/C19H20N2O2/c1-12-6-8-14(9-7-12)18(22)20-16-4-3-5-17(13(16)2)21-19(23)15-10-11-15/h3-9,15H,10-11H2,1-2H3,(H,20,22)(H,21,23). The smallest absolute Gasteiger partial charge is 0.255 e. The molecule has 4 nitrogen and oxygen atoms in total. The maximum Gasteiger partial charge on any atom is 0.255 e. The van der Waals surface area contributed by atoms with Gasteiger partial charge in [0.25, 0.3) is 5.91 Å². The summed E-state index contributed by atoms with van der Waals surface area (Å²) in [6.07, 6.45) is 1.93. The minimum absolute atomic E-state index is 0.0649. The Bertz CT molecular complexity index is 746. The van der Waals surface area contributed by atoms with Gasteiger partial charge in [0.15, 0.2) is 0 Å². The van der Waals surface area contributed by atoms with Crippen molar-refractivity contribution in [2.45, 2.75) is 26.7 Å². The Morgan fingerprint density at radius 3 is 2.13 bits per heavy atom. The summed E-state index contributed by atoms with van der Waals surface area (Å²) in [6.45, 7) is 3.88. The van der Waals surface area contributed by atoms with Crippen molar-refractivity contribution in [2.24, 2.45) is 5.92 Å². The van der Waals surface area contributed by atoms with Gasteiger partial charge in [0.05, 0.1) is 0 Å². The van der Waals surface area contributed by atoms with E-state index in [9.17, 15) is 9.59 Å². The summed E-state index contributed by atoms with van der Waals surface area (Å²) < 4.78 is 0. The zero-order valence-electron chi connectivity index (χ0n) is 13.3. The lowest BCUT2D eigenvalue weighted by Crippen LogP contribution is -2.16. The van der Waals surface area contributed by atoms with Gasteiger partial charge in [-0.1, -0.05) is 23.8 Å². The highest BCUT2D eigenvalue weighted by Gasteiger charge is 2.29. The van der Waals surface area contributed by atoms with E-state index in [-0.39, 0.29) is 17.7 Å². The van der Waals surface area contributed by atoms with Gasteiger partial charge in [-0.3, -0.25) is 9.59 Å². The Morgan fingerprint density at radius 1 is 0.913 bits per heavy atom. The molecule has 3 rings (SSSR count). The van der Waals surface area contributed by atoms with E-state index in [1.165, 1.54) is 0 Å². The average molecular weight is 308 g/mol. The number of anilines is 2. The fourth-order valence-corrected chi connectivity index (χ4v) is 2.39. The number of carbonyl (C=O) groups excluding carboxylic acids is 2. The summed E-state index contributed by atoms with van der Waals surface area (Å²) in [4.78, 5) is 24.2. The van der Waals surface area contributed by atoms with Crippen molar-refractivity contribution in [3.8, 4) is 0 Å². The van der Waals surface area contributed by atoms with Crippen molar-refractivity contribution >= 4 is 23.2 Å². The lowest BCUT2D eigenvalue weighted by Gasteiger charge is -2.13. The Kier molecular flexibility index (Phi) is 4.15. The molecule has 4 heteroatoms. The van der Waals surface area contributed by atoms with E-state index >= 15 is 0 Å². The number of rotatable bonds is 4. The maximum atomic E-state index is 12.3. The molecule has 0 atom stereocenters. The molecule has 1 fully saturated rings. The third kappa shape index (κ3) is 3.59. The third-order valence-electron chi connectivity index (χ3n) is 4.10. The van der Waals surface area contributed by atoms with Gasteiger partial charge in [-0.15, -0.1) is 0 Å². The van der Waals surface area contributed by atoms with Gasteiger partial charge in [-0.2, -0.15) is 0 Å². The fraction of sp³-hybridized carbons (Fsp3) is 0.263. The lowest BCUT2D eigenvalue weighted by molar-refractivity contribution is -0.117. The van der Waals surface area contributed by atoms with Crippen LogP contribution in [0.5, 0.6) is 0 Å². The van der Waals surface area contributed by atoms with Crippen LogP contribution < -0.4 is 10.6 Å². The molecule has 1 aliphatic carbocycles. The molecule has 0 radical (unpaired) electrons. The Balaban J connectivity index is 1.75. The van der Waals surface area contributed by atoms with Crippen LogP contribution in [-0.2, 0) is 4.79 Å². The Morgan fingerprint density at radius 2 is 1.52 bits per heavy atom. The van der Waals surface area contributed by atoms with Gasteiger partial charge < -0.3 is 10.6 Å². The van der Waals surface area contributed by atoms with Gasteiger partial charge in [0.1, 0.15) is 0 Å². The monoisotopic (exact) mass is 308 g/mol. The first-order valence-electron chi connectivity index (χ1n) is 7.83. The fourth-order valence-electron chi connectivity index (χ4n) is 2.39. The molecule has 2 aromatic rings. The van der Waals surface area contributed by atoms with Crippen molar-refractivity contribution in [3.63, 3.8) is 0 Å². The molecule has 2 aromatic carbocycles. The number of aryl methyl sites for hydroxylation is 1. The van der Waals surface area contributed by atoms with E-state index in [4.69, 9.17) is 0 Å². The molecule has 1 aliphatic rings. The zero-order valence-corrected chi connectivity index (χ0v) is 13.3. The van der Waals surface area contributed by atoms with E-state index in [0.717, 1.165) is 29.7 Å². The number of amides is 2. The normalized spacial score (nSPS) is 13.5. The minimum Gasteiger partial charge on any atom is -0.326 e. The van der Waals surface area contributed by atoms with Crippen LogP contribution in [0.3, 0.4) is 0 Å². The number of hydrogen-bond donors (Lipinski definition) is 2. The summed E-state index contributed by atoms with van der Waals surface area (Å²) >= 11 is 0. The highest BCUT2D eigenvalue weighted by molar-refractivity contribution is 6.05. The van der Waals surface area contributed by atoms with Crippen LogP contribution in [0.2, 0.25) is 0 Å². The highest BCUT2D eigenvalue weighted by Crippen LogP contribution is 2.31. The van der Waals surface area contributed by atoms with Crippen molar-refractivity contribution in [1.82, 2.24) is 0 Å². The first-order valence-corrected chi connectivity index (χ1v) is 7.83. The largest absolute Gasteiger partial charge is 0.326 e. The predicted molar refractivity (Wildman–Crippen MR) is 91.7 cm³/mol. The van der Waals surface area contributed by atoms with Crippen LogP contribution in [0.15, 0.2) is 42.5 Å². The molecule has 0 spiro atoms. The van der Waals surface area contributed by atoms with Crippen LogP contribution in [0.1, 0.15) is 34.3 Å². The lowest BCUT2D eigenvalue weighted by atomic mass is 10.1. The summed E-state index contributed by atoms with van der Waals surface area (Å²) in [5, 5.41) is 5.86. The summed E-state index contributed by atoms with van der Waals surface area (Å²) in [7, 11) is 0. The van der Waals surface area contributed by atoms with E-state index in [1.54, 1.807) is 12.1 Å². The summed E-state index contributed by atoms with van der Waals surface area (Å²) in [6, 6.07) is 13.0. The molecule has 23 heavy (non-hydrogen) atoms. The van der Waals surface area contributed by atoms with Crippen LogP contribution in [-0.4, -0.2) is 11.8 Å². The van der Waals surface area contributed by atoms with Gasteiger partial charge in [-0.05, 0) is 56.5 Å². The molecule has 1 saturated carbocycles. The van der Waals surface area contributed by atoms with E-state index in [2.05, 4.69) is 10.6 Å². The van der Waals surface area contributed by atoms with Crippen LogP contribution >= 0.6 is 0 Å². The van der Waals surface area contributed by atoms with Gasteiger partial charge in [0, 0.05) is 22.9 Å². The van der Waals surface area contributed by atoms with Gasteiger partial charge in [-0.25, -0.2) is 0 Å². The number of benzene rings is 2. The second kappa shape index (κ2) is 6.24. The Labute approximate surface area is 135 Å². The van der Waals surface area contributed by atoms with Crippen molar-refractivity contribution < 1.29 is 9.59 Å². The molecular formula is C19H20N2O2. The van der Waals surface area contributed by atoms with E-state index in [0.29, 0.717) is 11.3 Å². The zero-order chi connectivity index (χ0) is 16.4. The molecule has 2 amide bonds. The molecule has 0 heterocycles. The molecular weight excluding hydrogens is 288 g/mol. The molecule has 0 aromatic heterocycles. The Hall–Kier alpha value is -2.62. The van der Waals surface area contributed by atoms with Crippen LogP contribution in [0.25, 0.3) is 0 Å². The molecule has 118 valence electrons. The topological polar surface area (TPSA) is 58.2 Å². The minimum atomic E-state index is -0.154. The number of hydrogen-bond acceptors (Lipinski definition) is 2. The van der Waals surface area contributed by atoms with Crippen LogP contribution in [0.4, 0.5) is 11.4 Å². The first kappa shape index (κ1) is 15.3. The average Bonchev–Trinajstić information content (AvgIpc) is 3.36. The molecule has 0 unspecified atom stereocenters. The predicted octanol–water partition coefficient (Wildman–Crippen LogP) is 3.90. The number of nitrogens with one attached hydrogen (secondary N) is 2. The van der Waals surface area contributed by atoms with E-state index < -0.39 is 0 Å². The molecule has 0 aliphatic heterocycles. The second-order valence-corrected chi connectivity index (χ2v) is 6.06. The van der Waals surface area contributed by atoms with Crippen molar-refractivity contribution in [2.75, 3.05) is 10.6 Å². The maximum absolute atomic E-state index is 12.3. The molecule has 0 bridgehead atoms. The van der Waals surface area contributed by atoms with E-state index in [1.807, 2.05) is 44.2 Å². The van der Waals surface area contributed by atoms with Crippen molar-refractivity contribution in [3.05, 3.63) is 59.2 Å². The second-order valence-electron chi connectivity index (χ2n) is 6.06. The van der Waals surface area contributed by atoms with Gasteiger partial charge >= 0.3 is 0 Å². The van der Waals surface area contributed by atoms with Gasteiger partial charge in [0.2, 0.25) is 5.91 Å². The molecule has 0 saturated heterocycles. The number of carbonyl (C=O) groups is 2. The quantitative estimate of drug-likeness (QED) is 0.900. The van der Waals surface area contributed by atoms with Crippen LogP contribution in [0, 0.1) is 19.8 Å². The summed E-state index contributed by atoms with van der Waals surface area (Å²) in [5.41, 5.74) is 4.06. The summed E-state index contributed by atoms with van der Waals surface area (Å²) in [5.74, 6) is 0.0640. The third-order valence-corrected chi connectivity index (χ3v) is 4.10. The first-order chi connectivity index (χ1) is 11.0.